The standard InChI is InChI=1S/C25H25N3O8/c1-10-8-17(36-28-10)27-16(31)6-7-26-12(3)18-14(30)9-15-25(5,24(18)34)20-22(33)11(2)21(32)19(13(4)29)23(20)35-15/h8-9,26,32-33H,6-7H2,1-5H3,(H,27,31)/t25-/m0/s1. The molecule has 1 aliphatic heterocycles. The van der Waals surface area contributed by atoms with Crippen molar-refractivity contribution in [3.05, 3.63) is 51.6 Å². The van der Waals surface area contributed by atoms with Crippen LogP contribution in [-0.4, -0.2) is 45.2 Å². The molecular weight excluding hydrogens is 470 g/mol. The van der Waals surface area contributed by atoms with E-state index in [4.69, 9.17) is 9.26 Å². The normalized spacial score (nSPS) is 19.8. The molecule has 2 heterocycles. The van der Waals surface area contributed by atoms with Gasteiger partial charge in [0.25, 0.3) is 0 Å². The number of carbonyl (C=O) groups excluding carboxylic acids is 4. The molecule has 36 heavy (non-hydrogen) atoms. The van der Waals surface area contributed by atoms with Crippen LogP contribution >= 0.6 is 0 Å². The highest BCUT2D eigenvalue weighted by Gasteiger charge is 2.56. The van der Waals surface area contributed by atoms with Gasteiger partial charge in [-0.15, -0.1) is 0 Å². The van der Waals surface area contributed by atoms with Gasteiger partial charge in [-0.2, -0.15) is 0 Å². The number of anilines is 1. The quantitative estimate of drug-likeness (QED) is 0.265. The number of aryl methyl sites for hydroxylation is 1. The van der Waals surface area contributed by atoms with Gasteiger partial charge in [0.1, 0.15) is 34.0 Å². The molecule has 11 heteroatoms. The Bertz CT molecular complexity index is 1410. The van der Waals surface area contributed by atoms with E-state index in [1.165, 1.54) is 27.7 Å². The van der Waals surface area contributed by atoms with Gasteiger partial charge in [0, 0.05) is 36.4 Å². The van der Waals surface area contributed by atoms with E-state index in [0.29, 0.717) is 5.69 Å². The Hall–Kier alpha value is -4.41. The second kappa shape index (κ2) is 8.67. The minimum absolute atomic E-state index is 0.0122. The largest absolute Gasteiger partial charge is 0.507 e. The number of aromatic hydroxyl groups is 2. The molecule has 0 radical (unpaired) electrons. The number of hydrogen-bond acceptors (Lipinski definition) is 10. The van der Waals surface area contributed by atoms with Gasteiger partial charge in [-0.05, 0) is 34.6 Å². The number of nitrogens with one attached hydrogen (secondary N) is 2. The van der Waals surface area contributed by atoms with E-state index in [0.717, 1.165) is 6.08 Å². The first-order valence-corrected chi connectivity index (χ1v) is 11.1. The monoisotopic (exact) mass is 495 g/mol. The lowest BCUT2D eigenvalue weighted by atomic mass is 9.70. The summed E-state index contributed by atoms with van der Waals surface area (Å²) in [7, 11) is 0. The average Bonchev–Trinajstić information content (AvgIpc) is 3.32. The third-order valence-corrected chi connectivity index (χ3v) is 6.39. The fourth-order valence-electron chi connectivity index (χ4n) is 4.44. The number of aromatic nitrogens is 1. The summed E-state index contributed by atoms with van der Waals surface area (Å²) in [5.74, 6) is -3.00. The van der Waals surface area contributed by atoms with Crippen LogP contribution in [0.1, 0.15) is 54.4 Å². The van der Waals surface area contributed by atoms with Gasteiger partial charge < -0.3 is 24.8 Å². The first kappa shape index (κ1) is 24.7. The number of ether oxygens (including phenoxy) is 1. The molecule has 11 nitrogen and oxygen atoms in total. The molecule has 0 saturated carbocycles. The molecule has 1 amide bonds. The second-order valence-corrected chi connectivity index (χ2v) is 8.94. The lowest BCUT2D eigenvalue weighted by Gasteiger charge is -2.29. The number of phenols is 2. The molecule has 2 aliphatic rings. The number of Topliss-reactive ketones (excluding diaryl/α,β-unsaturated/α-hetero) is 2. The van der Waals surface area contributed by atoms with Gasteiger partial charge in [0.2, 0.25) is 11.8 Å². The molecule has 4 N–H and O–H groups in total. The van der Waals surface area contributed by atoms with Gasteiger partial charge in [-0.25, -0.2) is 0 Å². The smallest absolute Gasteiger partial charge is 0.231 e. The van der Waals surface area contributed by atoms with Crippen LogP contribution in [-0.2, 0) is 19.8 Å². The highest BCUT2D eigenvalue weighted by molar-refractivity contribution is 6.31. The first-order valence-electron chi connectivity index (χ1n) is 11.1. The zero-order valence-corrected chi connectivity index (χ0v) is 20.4. The Balaban J connectivity index is 1.63. The summed E-state index contributed by atoms with van der Waals surface area (Å²) in [5.41, 5.74) is -1.06. The van der Waals surface area contributed by atoms with E-state index in [2.05, 4.69) is 15.8 Å². The summed E-state index contributed by atoms with van der Waals surface area (Å²) in [4.78, 5) is 51.0. The number of allylic oxidation sites excluding steroid dienone is 4. The lowest BCUT2D eigenvalue weighted by Crippen LogP contribution is -2.41. The van der Waals surface area contributed by atoms with Crippen LogP contribution < -0.4 is 15.4 Å². The number of benzene rings is 1. The van der Waals surface area contributed by atoms with Crippen molar-refractivity contribution in [3.8, 4) is 17.2 Å². The highest BCUT2D eigenvalue weighted by Crippen LogP contribution is 2.57. The Morgan fingerprint density at radius 1 is 1.14 bits per heavy atom. The number of carbonyl (C=O) groups is 4. The summed E-state index contributed by atoms with van der Waals surface area (Å²) in [6.07, 6.45) is 1.15. The van der Waals surface area contributed by atoms with E-state index < -0.39 is 34.3 Å². The second-order valence-electron chi connectivity index (χ2n) is 8.94. The number of ketones is 3. The Kier molecular flexibility index (Phi) is 5.95. The Morgan fingerprint density at radius 2 is 1.83 bits per heavy atom. The van der Waals surface area contributed by atoms with Crippen molar-refractivity contribution >= 4 is 29.1 Å². The van der Waals surface area contributed by atoms with Crippen molar-refractivity contribution in [2.45, 2.75) is 46.5 Å². The zero-order valence-electron chi connectivity index (χ0n) is 20.4. The van der Waals surface area contributed by atoms with Gasteiger partial charge in [-0.1, -0.05) is 5.16 Å². The molecule has 1 aromatic carbocycles. The van der Waals surface area contributed by atoms with Crippen LogP contribution in [0.3, 0.4) is 0 Å². The van der Waals surface area contributed by atoms with E-state index in [1.807, 2.05) is 0 Å². The van der Waals surface area contributed by atoms with E-state index in [-0.39, 0.29) is 64.2 Å². The van der Waals surface area contributed by atoms with Gasteiger partial charge >= 0.3 is 0 Å². The maximum atomic E-state index is 13.7. The van der Waals surface area contributed by atoms with E-state index in [9.17, 15) is 29.4 Å². The van der Waals surface area contributed by atoms with Crippen molar-refractivity contribution in [2.24, 2.45) is 0 Å². The molecule has 0 fully saturated rings. The van der Waals surface area contributed by atoms with Crippen LogP contribution in [0.15, 0.2) is 33.7 Å². The predicted molar refractivity (Wildman–Crippen MR) is 126 cm³/mol. The third kappa shape index (κ3) is 3.72. The lowest BCUT2D eigenvalue weighted by molar-refractivity contribution is -0.123. The maximum Gasteiger partial charge on any atom is 0.231 e. The van der Waals surface area contributed by atoms with Crippen molar-refractivity contribution < 1.29 is 38.7 Å². The summed E-state index contributed by atoms with van der Waals surface area (Å²) in [5, 5.41) is 30.4. The van der Waals surface area contributed by atoms with Gasteiger partial charge in [0.15, 0.2) is 17.3 Å². The van der Waals surface area contributed by atoms with E-state index >= 15 is 0 Å². The predicted octanol–water partition coefficient (Wildman–Crippen LogP) is 2.48. The fourth-order valence-corrected chi connectivity index (χ4v) is 4.44. The van der Waals surface area contributed by atoms with Crippen LogP contribution in [0.25, 0.3) is 0 Å². The summed E-state index contributed by atoms with van der Waals surface area (Å²) in [6.45, 7) is 7.48. The first-order chi connectivity index (χ1) is 16.9. The SMILES string of the molecule is CC(=O)c1c(O)c(C)c(O)c2c1OC1=CC(=O)C(=C(C)NCCC(=O)Nc3cc(C)no3)C(=O)[C@@]12C. The number of fused-ring (bicyclic) bond motifs is 3. The molecule has 0 bridgehead atoms. The summed E-state index contributed by atoms with van der Waals surface area (Å²) in [6, 6.07) is 1.57. The fraction of sp³-hybridized carbons (Fsp3) is 0.320. The summed E-state index contributed by atoms with van der Waals surface area (Å²) >= 11 is 0. The number of nitrogens with zero attached hydrogens (tertiary/aromatic N) is 1. The number of phenolic OH excluding ortho intramolecular Hbond substituents is 2. The minimum Gasteiger partial charge on any atom is -0.507 e. The van der Waals surface area contributed by atoms with Crippen LogP contribution in [0.4, 0.5) is 5.88 Å². The Labute approximate surface area is 205 Å². The number of amides is 1. The summed E-state index contributed by atoms with van der Waals surface area (Å²) < 4.78 is 10.7. The minimum atomic E-state index is -1.60. The van der Waals surface area contributed by atoms with Crippen molar-refractivity contribution in [1.29, 1.82) is 0 Å². The third-order valence-electron chi connectivity index (χ3n) is 6.39. The molecule has 4 rings (SSSR count). The molecular formula is C25H25N3O8. The molecule has 1 aromatic heterocycles. The molecule has 188 valence electrons. The molecule has 1 atom stereocenters. The molecule has 0 spiro atoms. The van der Waals surface area contributed by atoms with Crippen molar-refractivity contribution in [1.82, 2.24) is 10.5 Å². The average molecular weight is 495 g/mol. The molecule has 0 unspecified atom stereocenters. The highest BCUT2D eigenvalue weighted by atomic mass is 16.5. The zero-order chi connectivity index (χ0) is 26.5. The maximum absolute atomic E-state index is 13.7. The molecule has 0 saturated heterocycles. The van der Waals surface area contributed by atoms with Crippen LogP contribution in [0.5, 0.6) is 17.2 Å². The number of hydrogen-bond donors (Lipinski definition) is 4. The topological polar surface area (TPSA) is 168 Å². The molecule has 1 aliphatic carbocycles. The van der Waals surface area contributed by atoms with Crippen molar-refractivity contribution in [2.75, 3.05) is 11.9 Å². The van der Waals surface area contributed by atoms with E-state index in [1.54, 1.807) is 13.0 Å². The van der Waals surface area contributed by atoms with Crippen molar-refractivity contribution in [3.63, 3.8) is 0 Å². The number of rotatable bonds is 6. The van der Waals surface area contributed by atoms with Crippen LogP contribution in [0.2, 0.25) is 0 Å². The molecule has 2 aromatic rings. The van der Waals surface area contributed by atoms with Gasteiger partial charge in [0.05, 0.1) is 16.8 Å². The Morgan fingerprint density at radius 3 is 2.44 bits per heavy atom. The van der Waals surface area contributed by atoms with Gasteiger partial charge in [-0.3, -0.25) is 24.5 Å². The van der Waals surface area contributed by atoms with Crippen LogP contribution in [0, 0.1) is 13.8 Å².